The van der Waals surface area contributed by atoms with E-state index in [1.165, 1.54) is 12.1 Å². The van der Waals surface area contributed by atoms with Gasteiger partial charge >= 0.3 is 5.63 Å². The van der Waals surface area contributed by atoms with Crippen LogP contribution in [0.1, 0.15) is 0 Å². The van der Waals surface area contributed by atoms with Crippen molar-refractivity contribution in [2.75, 3.05) is 0 Å². The van der Waals surface area contributed by atoms with E-state index in [2.05, 4.69) is 5.18 Å². The molecule has 0 fully saturated rings. The summed E-state index contributed by atoms with van der Waals surface area (Å²) < 4.78 is 4.70. The Balaban J connectivity index is 2.88. The van der Waals surface area contributed by atoms with Crippen molar-refractivity contribution in [3.05, 3.63) is 33.5 Å². The van der Waals surface area contributed by atoms with Crippen LogP contribution in [0.2, 0.25) is 0 Å². The molecule has 1 aromatic heterocycles. The summed E-state index contributed by atoms with van der Waals surface area (Å²) in [5.41, 5.74) is -1.20. The molecule has 6 heteroatoms. The van der Waals surface area contributed by atoms with Gasteiger partial charge in [-0.1, -0.05) is 0 Å². The predicted molar refractivity (Wildman–Crippen MR) is 51.3 cm³/mol. The fraction of sp³-hybridized carbons (Fsp3) is 0. The van der Waals surface area contributed by atoms with Gasteiger partial charge in [-0.15, -0.1) is 4.91 Å². The Labute approximate surface area is 82.4 Å². The minimum Gasteiger partial charge on any atom is -0.504 e. The van der Waals surface area contributed by atoms with E-state index in [1.54, 1.807) is 0 Å². The molecule has 0 aliphatic heterocycles. The van der Waals surface area contributed by atoms with Crippen LogP contribution in [0.15, 0.2) is 32.6 Å². The largest absolute Gasteiger partial charge is 0.504 e. The lowest BCUT2D eigenvalue weighted by atomic mass is 10.2. The lowest BCUT2D eigenvalue weighted by Gasteiger charge is -2.00. The summed E-state index contributed by atoms with van der Waals surface area (Å²) in [5, 5.41) is 21.1. The molecular weight excluding hydrogens is 202 g/mol. The van der Waals surface area contributed by atoms with Crippen molar-refractivity contribution in [3.63, 3.8) is 0 Å². The van der Waals surface area contributed by atoms with Crippen LogP contribution in [0.25, 0.3) is 11.0 Å². The third-order valence-corrected chi connectivity index (χ3v) is 1.91. The molecule has 2 rings (SSSR count). The van der Waals surface area contributed by atoms with Crippen LogP contribution >= 0.6 is 0 Å². The van der Waals surface area contributed by atoms with Crippen LogP contribution < -0.4 is 5.63 Å². The van der Waals surface area contributed by atoms with E-state index in [1.807, 2.05) is 0 Å². The molecule has 1 heterocycles. The SMILES string of the molecule is O=Nc1cc2cc(O)c(O)cc2oc1=O. The number of phenols is 2. The van der Waals surface area contributed by atoms with E-state index in [-0.39, 0.29) is 17.0 Å². The second-order valence-corrected chi connectivity index (χ2v) is 2.89. The molecule has 0 bridgehead atoms. The summed E-state index contributed by atoms with van der Waals surface area (Å²) in [7, 11) is 0. The van der Waals surface area contributed by atoms with Crippen LogP contribution in [0, 0.1) is 4.91 Å². The van der Waals surface area contributed by atoms with Gasteiger partial charge in [0, 0.05) is 11.5 Å². The number of nitrogens with zero attached hydrogens (tertiary/aromatic N) is 1. The lowest BCUT2D eigenvalue weighted by Crippen LogP contribution is -1.96. The Morgan fingerprint density at radius 1 is 1.13 bits per heavy atom. The normalized spacial score (nSPS) is 10.4. The molecular formula is C9H5NO5. The maximum atomic E-state index is 11.1. The number of fused-ring (bicyclic) bond motifs is 1. The molecule has 15 heavy (non-hydrogen) atoms. The third-order valence-electron chi connectivity index (χ3n) is 1.91. The first-order valence-corrected chi connectivity index (χ1v) is 3.95. The van der Waals surface area contributed by atoms with Crippen molar-refractivity contribution >= 4 is 16.7 Å². The Kier molecular flexibility index (Phi) is 1.89. The Morgan fingerprint density at radius 2 is 1.80 bits per heavy atom. The van der Waals surface area contributed by atoms with Crippen LogP contribution in [-0.4, -0.2) is 10.2 Å². The number of hydrogen-bond donors (Lipinski definition) is 2. The summed E-state index contributed by atoms with van der Waals surface area (Å²) in [5.74, 6) is -0.773. The first-order valence-electron chi connectivity index (χ1n) is 3.95. The highest BCUT2D eigenvalue weighted by Gasteiger charge is 2.08. The topological polar surface area (TPSA) is 100 Å². The highest BCUT2D eigenvalue weighted by atomic mass is 16.4. The molecule has 1 aromatic carbocycles. The van der Waals surface area contributed by atoms with Crippen molar-refractivity contribution in [1.82, 2.24) is 0 Å². The molecule has 0 saturated heterocycles. The van der Waals surface area contributed by atoms with E-state index in [9.17, 15) is 14.8 Å². The van der Waals surface area contributed by atoms with Crippen LogP contribution in [0.3, 0.4) is 0 Å². The van der Waals surface area contributed by atoms with Crippen molar-refractivity contribution < 1.29 is 14.6 Å². The molecule has 0 spiro atoms. The minimum absolute atomic E-state index is 0.0719. The van der Waals surface area contributed by atoms with Gasteiger partial charge in [0.25, 0.3) is 0 Å². The Bertz CT molecular complexity index is 601. The first kappa shape index (κ1) is 9.20. The molecule has 0 unspecified atom stereocenters. The molecule has 2 aromatic rings. The van der Waals surface area contributed by atoms with Crippen molar-refractivity contribution in [3.8, 4) is 11.5 Å². The fourth-order valence-electron chi connectivity index (χ4n) is 1.20. The van der Waals surface area contributed by atoms with Gasteiger partial charge in [-0.25, -0.2) is 4.79 Å². The smallest absolute Gasteiger partial charge is 0.366 e. The minimum atomic E-state index is -0.886. The van der Waals surface area contributed by atoms with Gasteiger partial charge in [-0.3, -0.25) is 0 Å². The average Bonchev–Trinajstić information content (AvgIpc) is 2.20. The van der Waals surface area contributed by atoms with Crippen LogP contribution in [0.4, 0.5) is 5.69 Å². The number of nitroso groups, excluding NO2 is 1. The zero-order chi connectivity index (χ0) is 11.0. The number of benzene rings is 1. The number of aromatic hydroxyl groups is 2. The van der Waals surface area contributed by atoms with E-state index in [0.29, 0.717) is 5.39 Å². The zero-order valence-electron chi connectivity index (χ0n) is 7.30. The standard InChI is InChI=1S/C9H5NO5/c11-6-2-4-1-5(10-14)9(13)15-8(4)3-7(6)12/h1-3,11-12H. The molecule has 0 aliphatic carbocycles. The molecule has 0 aliphatic rings. The summed E-state index contributed by atoms with van der Waals surface area (Å²) in [6.07, 6.45) is 0. The highest BCUT2D eigenvalue weighted by Crippen LogP contribution is 2.30. The monoisotopic (exact) mass is 207 g/mol. The van der Waals surface area contributed by atoms with Crippen molar-refractivity contribution in [1.29, 1.82) is 0 Å². The van der Waals surface area contributed by atoms with Crippen LogP contribution in [0.5, 0.6) is 11.5 Å². The van der Waals surface area contributed by atoms with Gasteiger partial charge < -0.3 is 14.6 Å². The molecule has 76 valence electrons. The molecule has 6 nitrogen and oxygen atoms in total. The maximum absolute atomic E-state index is 11.1. The molecule has 0 atom stereocenters. The van der Waals surface area contributed by atoms with E-state index < -0.39 is 11.4 Å². The van der Waals surface area contributed by atoms with Gasteiger partial charge in [-0.2, -0.15) is 0 Å². The summed E-state index contributed by atoms with van der Waals surface area (Å²) in [6, 6.07) is 3.43. The molecule has 2 N–H and O–H groups in total. The third kappa shape index (κ3) is 1.41. The average molecular weight is 207 g/mol. The van der Waals surface area contributed by atoms with Crippen molar-refractivity contribution in [2.24, 2.45) is 5.18 Å². The molecule has 0 radical (unpaired) electrons. The number of hydrogen-bond acceptors (Lipinski definition) is 6. The quantitative estimate of drug-likeness (QED) is 0.420. The van der Waals surface area contributed by atoms with E-state index in [4.69, 9.17) is 9.52 Å². The fourth-order valence-corrected chi connectivity index (χ4v) is 1.20. The van der Waals surface area contributed by atoms with E-state index in [0.717, 1.165) is 6.07 Å². The molecule has 0 amide bonds. The second-order valence-electron chi connectivity index (χ2n) is 2.89. The van der Waals surface area contributed by atoms with Gasteiger partial charge in [0.05, 0.1) is 0 Å². The van der Waals surface area contributed by atoms with E-state index >= 15 is 0 Å². The van der Waals surface area contributed by atoms with Gasteiger partial charge in [-0.05, 0) is 17.3 Å². The zero-order valence-corrected chi connectivity index (χ0v) is 7.30. The first-order chi connectivity index (χ1) is 7.11. The van der Waals surface area contributed by atoms with Gasteiger partial charge in [0.15, 0.2) is 17.2 Å². The highest BCUT2D eigenvalue weighted by molar-refractivity contribution is 5.82. The summed E-state index contributed by atoms with van der Waals surface area (Å²) in [6.45, 7) is 0. The predicted octanol–water partition coefficient (Wildman–Crippen LogP) is 1.60. The Hall–Kier alpha value is -2.37. The maximum Gasteiger partial charge on any atom is 0.366 e. The lowest BCUT2D eigenvalue weighted by molar-refractivity contribution is 0.403. The summed E-state index contributed by atoms with van der Waals surface area (Å²) >= 11 is 0. The number of rotatable bonds is 1. The van der Waals surface area contributed by atoms with Gasteiger partial charge in [0.1, 0.15) is 5.58 Å². The second kappa shape index (κ2) is 3.09. The van der Waals surface area contributed by atoms with Crippen molar-refractivity contribution in [2.45, 2.75) is 0 Å². The van der Waals surface area contributed by atoms with Gasteiger partial charge in [0.2, 0.25) is 0 Å². The number of phenolic OH excluding ortho intramolecular Hbond substituents is 2. The molecule has 0 saturated carbocycles. The Morgan fingerprint density at radius 3 is 2.47 bits per heavy atom. The summed E-state index contributed by atoms with van der Waals surface area (Å²) in [4.78, 5) is 21.3. The van der Waals surface area contributed by atoms with Crippen LogP contribution in [-0.2, 0) is 0 Å².